The van der Waals surface area contributed by atoms with E-state index in [1.54, 1.807) is 0 Å². The molecule has 2 heteroatoms. The lowest BCUT2D eigenvalue weighted by atomic mass is 9.76. The van der Waals surface area contributed by atoms with Crippen molar-refractivity contribution in [1.29, 1.82) is 0 Å². The standard InChI is InChI=1S/C56H62N2/c1-5-37-56(4,6-2)47-26-36-53-52-35-17-40(3)38-54(52)58(55(53)39-47)51-33-24-46(25-34-51)45-22-31-50(32-23-45)57(48-27-18-43(19-28-48)41-13-9-7-10-14-41)49-29-20-44(21-30-49)42-15-11-8-12-16-42/h17-36,38-39,41-42H,5-16,37H2,1-4H3. The number of aryl methyl sites for hydroxylation is 1. The second-order valence-corrected chi connectivity index (χ2v) is 18.0. The maximum atomic E-state index is 2.49. The third-order valence-corrected chi connectivity index (χ3v) is 14.2. The molecule has 0 N–H and O–H groups in total. The van der Waals surface area contributed by atoms with Crippen LogP contribution >= 0.6 is 0 Å². The first-order chi connectivity index (χ1) is 28.4. The quantitative estimate of drug-likeness (QED) is 0.127. The molecule has 1 aromatic heterocycles. The van der Waals surface area contributed by atoms with Gasteiger partial charge in [-0.25, -0.2) is 0 Å². The van der Waals surface area contributed by atoms with Gasteiger partial charge in [0.2, 0.25) is 0 Å². The van der Waals surface area contributed by atoms with Gasteiger partial charge in [0.05, 0.1) is 11.0 Å². The Morgan fingerprint density at radius 2 is 1.00 bits per heavy atom. The zero-order chi connectivity index (χ0) is 39.6. The van der Waals surface area contributed by atoms with Crippen LogP contribution in [0.5, 0.6) is 0 Å². The lowest BCUT2D eigenvalue weighted by Gasteiger charge is -2.29. The molecule has 0 aliphatic heterocycles. The summed E-state index contributed by atoms with van der Waals surface area (Å²) in [4.78, 5) is 2.45. The Morgan fingerprint density at radius 1 is 0.534 bits per heavy atom. The highest BCUT2D eigenvalue weighted by Gasteiger charge is 2.25. The van der Waals surface area contributed by atoms with Crippen molar-refractivity contribution in [2.45, 2.75) is 128 Å². The number of nitrogens with zero attached hydrogens (tertiary/aromatic N) is 2. The van der Waals surface area contributed by atoms with Crippen LogP contribution in [0.25, 0.3) is 38.6 Å². The van der Waals surface area contributed by atoms with Gasteiger partial charge in [-0.2, -0.15) is 0 Å². The molecule has 2 nitrogen and oxygen atoms in total. The molecule has 1 atom stereocenters. The molecule has 1 unspecified atom stereocenters. The molecule has 2 aliphatic rings. The van der Waals surface area contributed by atoms with Crippen LogP contribution in [-0.2, 0) is 5.41 Å². The Labute approximate surface area is 347 Å². The van der Waals surface area contributed by atoms with E-state index in [0.29, 0.717) is 11.8 Å². The van der Waals surface area contributed by atoms with E-state index in [-0.39, 0.29) is 5.41 Å². The van der Waals surface area contributed by atoms with E-state index in [1.165, 1.54) is 155 Å². The minimum atomic E-state index is 0.169. The third kappa shape index (κ3) is 7.52. The number of benzene rings is 6. The Bertz CT molecular complexity index is 2390. The molecule has 2 saturated carbocycles. The molecule has 2 aliphatic carbocycles. The van der Waals surface area contributed by atoms with Crippen LogP contribution in [0.15, 0.2) is 133 Å². The number of aromatic nitrogens is 1. The molecule has 0 saturated heterocycles. The second-order valence-electron chi connectivity index (χ2n) is 18.0. The average Bonchev–Trinajstić information content (AvgIpc) is 3.60. The van der Waals surface area contributed by atoms with E-state index >= 15 is 0 Å². The Hall–Kier alpha value is -5.08. The van der Waals surface area contributed by atoms with Gasteiger partial charge in [-0.3, -0.25) is 0 Å². The molecule has 0 bridgehead atoms. The van der Waals surface area contributed by atoms with Crippen molar-refractivity contribution in [3.8, 4) is 16.8 Å². The fourth-order valence-corrected chi connectivity index (χ4v) is 10.6. The van der Waals surface area contributed by atoms with Gasteiger partial charge in [0.1, 0.15) is 0 Å². The summed E-state index contributed by atoms with van der Waals surface area (Å²) in [6.45, 7) is 9.29. The van der Waals surface area contributed by atoms with E-state index < -0.39 is 0 Å². The van der Waals surface area contributed by atoms with Gasteiger partial charge in [0, 0.05) is 33.5 Å². The second kappa shape index (κ2) is 16.6. The van der Waals surface area contributed by atoms with Crippen LogP contribution in [0, 0.1) is 6.92 Å². The first kappa shape index (κ1) is 38.4. The maximum absolute atomic E-state index is 2.49. The summed E-state index contributed by atoms with van der Waals surface area (Å²) < 4.78 is 2.49. The van der Waals surface area contributed by atoms with Crippen molar-refractivity contribution >= 4 is 38.9 Å². The topological polar surface area (TPSA) is 8.17 Å². The summed E-state index contributed by atoms with van der Waals surface area (Å²) in [5.74, 6) is 1.41. The Morgan fingerprint density at radius 3 is 1.50 bits per heavy atom. The van der Waals surface area contributed by atoms with Crippen LogP contribution in [0.2, 0.25) is 0 Å². The number of rotatable bonds is 11. The maximum Gasteiger partial charge on any atom is 0.0544 e. The molecule has 2 fully saturated rings. The van der Waals surface area contributed by atoms with Gasteiger partial charge in [0.25, 0.3) is 0 Å². The third-order valence-electron chi connectivity index (χ3n) is 14.2. The average molecular weight is 763 g/mol. The zero-order valence-corrected chi connectivity index (χ0v) is 35.4. The number of hydrogen-bond acceptors (Lipinski definition) is 1. The van der Waals surface area contributed by atoms with E-state index in [1.807, 2.05) is 0 Å². The minimum absolute atomic E-state index is 0.169. The van der Waals surface area contributed by atoms with Crippen LogP contribution in [0.1, 0.15) is 138 Å². The lowest BCUT2D eigenvalue weighted by molar-refractivity contribution is 0.414. The lowest BCUT2D eigenvalue weighted by Crippen LogP contribution is -2.20. The van der Waals surface area contributed by atoms with Gasteiger partial charge in [0.15, 0.2) is 0 Å². The van der Waals surface area contributed by atoms with Crippen LogP contribution < -0.4 is 4.90 Å². The van der Waals surface area contributed by atoms with E-state index in [2.05, 4.69) is 171 Å². The highest BCUT2D eigenvalue weighted by atomic mass is 15.1. The van der Waals surface area contributed by atoms with Gasteiger partial charge in [-0.15, -0.1) is 0 Å². The molecular formula is C56H62N2. The van der Waals surface area contributed by atoms with Crippen molar-refractivity contribution < 1.29 is 0 Å². The normalized spacial score (nSPS) is 16.5. The van der Waals surface area contributed by atoms with Gasteiger partial charge < -0.3 is 9.47 Å². The summed E-state index contributed by atoms with van der Waals surface area (Å²) in [6, 6.07) is 51.7. The predicted octanol–water partition coefficient (Wildman–Crippen LogP) is 16.8. The number of fused-ring (bicyclic) bond motifs is 3. The summed E-state index contributed by atoms with van der Waals surface area (Å²) in [7, 11) is 0. The number of anilines is 3. The Kier molecular flexibility index (Phi) is 11.0. The van der Waals surface area contributed by atoms with Crippen molar-refractivity contribution in [2.24, 2.45) is 0 Å². The number of hydrogen-bond donors (Lipinski definition) is 0. The predicted molar refractivity (Wildman–Crippen MR) is 250 cm³/mol. The van der Waals surface area contributed by atoms with Gasteiger partial charge in [-0.1, -0.05) is 139 Å². The Balaban J connectivity index is 1.04. The van der Waals surface area contributed by atoms with Crippen molar-refractivity contribution in [3.63, 3.8) is 0 Å². The molecule has 296 valence electrons. The minimum Gasteiger partial charge on any atom is -0.311 e. The monoisotopic (exact) mass is 762 g/mol. The summed E-state index contributed by atoms with van der Waals surface area (Å²) in [5.41, 5.74) is 15.8. The van der Waals surface area contributed by atoms with E-state index in [0.717, 1.165) is 6.42 Å². The van der Waals surface area contributed by atoms with E-state index in [9.17, 15) is 0 Å². The zero-order valence-electron chi connectivity index (χ0n) is 35.4. The molecule has 9 rings (SSSR count). The fourth-order valence-electron chi connectivity index (χ4n) is 10.6. The fraction of sp³-hybridized carbons (Fsp3) is 0.357. The molecule has 0 amide bonds. The van der Waals surface area contributed by atoms with Crippen molar-refractivity contribution in [1.82, 2.24) is 4.57 Å². The summed E-state index contributed by atoms with van der Waals surface area (Å²) >= 11 is 0. The molecule has 0 spiro atoms. The smallest absolute Gasteiger partial charge is 0.0544 e. The first-order valence-corrected chi connectivity index (χ1v) is 22.7. The summed E-state index contributed by atoms with van der Waals surface area (Å²) in [6.07, 6.45) is 17.0. The highest BCUT2D eigenvalue weighted by molar-refractivity contribution is 6.09. The molecule has 0 radical (unpaired) electrons. The van der Waals surface area contributed by atoms with E-state index in [4.69, 9.17) is 0 Å². The molecule has 1 heterocycles. The van der Waals surface area contributed by atoms with Gasteiger partial charge >= 0.3 is 0 Å². The summed E-state index contributed by atoms with van der Waals surface area (Å²) in [5, 5.41) is 2.64. The van der Waals surface area contributed by atoms with Gasteiger partial charge in [-0.05, 0) is 157 Å². The van der Waals surface area contributed by atoms with Crippen molar-refractivity contribution in [2.75, 3.05) is 4.90 Å². The van der Waals surface area contributed by atoms with Crippen LogP contribution in [0.3, 0.4) is 0 Å². The highest BCUT2D eigenvalue weighted by Crippen LogP contribution is 2.42. The molecule has 6 aromatic carbocycles. The SMILES string of the molecule is CCCC(C)(CC)c1ccc2c3ccc(C)cc3n(-c3ccc(-c4ccc(N(c5ccc(C6CCCCC6)cc5)c5ccc(C6CCCCC6)cc5)cc4)cc3)c2c1. The first-order valence-electron chi connectivity index (χ1n) is 22.7. The van der Waals surface area contributed by atoms with Crippen LogP contribution in [-0.4, -0.2) is 4.57 Å². The van der Waals surface area contributed by atoms with Crippen LogP contribution in [0.4, 0.5) is 17.1 Å². The largest absolute Gasteiger partial charge is 0.311 e. The molecule has 58 heavy (non-hydrogen) atoms. The van der Waals surface area contributed by atoms with Crippen molar-refractivity contribution in [3.05, 3.63) is 156 Å². The molecule has 7 aromatic rings. The molecular weight excluding hydrogens is 701 g/mol.